The molecule has 0 heterocycles. The molecule has 0 saturated carbocycles. The largest absolute Gasteiger partial charge is 0.493 e. The zero-order valence-electron chi connectivity index (χ0n) is 12.1. The van der Waals surface area contributed by atoms with E-state index in [9.17, 15) is 8.42 Å². The summed E-state index contributed by atoms with van der Waals surface area (Å²) >= 11 is 5.86. The first-order valence-corrected chi connectivity index (χ1v) is 8.17. The number of rotatable bonds is 7. The minimum atomic E-state index is -3.55. The number of benzene rings is 1. The number of sulfonamides is 1. The predicted molar refractivity (Wildman–Crippen MR) is 79.2 cm³/mol. The number of hydrogen-bond donors (Lipinski definition) is 0. The number of ether oxygens (including phenoxy) is 2. The zero-order valence-corrected chi connectivity index (χ0v) is 13.7. The van der Waals surface area contributed by atoms with Crippen LogP contribution in [0.5, 0.6) is 11.5 Å². The molecule has 1 rings (SSSR count). The normalized spacial score (nSPS) is 11.7. The van der Waals surface area contributed by atoms with E-state index in [-0.39, 0.29) is 10.8 Å². The Labute approximate surface area is 125 Å². The van der Waals surface area contributed by atoms with Crippen LogP contribution in [0.15, 0.2) is 17.0 Å². The van der Waals surface area contributed by atoms with Gasteiger partial charge in [-0.1, -0.05) is 6.92 Å². The minimum Gasteiger partial charge on any atom is -0.493 e. The standard InChI is InChI=1S/C13H20ClNO4S/c1-5-6-15(2)20(16,17)11-7-10(9-14)13(19-4)12(8-11)18-3/h7-8H,5-6,9H2,1-4H3. The van der Waals surface area contributed by atoms with Gasteiger partial charge in [0.1, 0.15) is 0 Å². The predicted octanol–water partition coefficient (Wildman–Crippen LogP) is 2.47. The Hall–Kier alpha value is -0.980. The summed E-state index contributed by atoms with van der Waals surface area (Å²) in [6.07, 6.45) is 0.741. The van der Waals surface area contributed by atoms with Gasteiger partial charge in [0.2, 0.25) is 10.0 Å². The van der Waals surface area contributed by atoms with Gasteiger partial charge in [0.05, 0.1) is 25.0 Å². The lowest BCUT2D eigenvalue weighted by Gasteiger charge is -2.19. The van der Waals surface area contributed by atoms with E-state index >= 15 is 0 Å². The fourth-order valence-electron chi connectivity index (χ4n) is 1.88. The third kappa shape index (κ3) is 3.37. The average molecular weight is 322 g/mol. The molecule has 0 radical (unpaired) electrons. The molecular formula is C13H20ClNO4S. The topological polar surface area (TPSA) is 55.8 Å². The summed E-state index contributed by atoms with van der Waals surface area (Å²) in [6, 6.07) is 2.98. The van der Waals surface area contributed by atoms with E-state index in [1.165, 1.54) is 30.7 Å². The fraction of sp³-hybridized carbons (Fsp3) is 0.538. The van der Waals surface area contributed by atoms with Gasteiger partial charge in [-0.15, -0.1) is 11.6 Å². The lowest BCUT2D eigenvalue weighted by atomic mass is 10.2. The van der Waals surface area contributed by atoms with E-state index < -0.39 is 10.0 Å². The van der Waals surface area contributed by atoms with Crippen molar-refractivity contribution in [2.75, 3.05) is 27.8 Å². The first-order chi connectivity index (χ1) is 9.42. The summed E-state index contributed by atoms with van der Waals surface area (Å²) in [5.74, 6) is 0.953. The minimum absolute atomic E-state index is 0.139. The summed E-state index contributed by atoms with van der Waals surface area (Å²) in [5.41, 5.74) is 0.581. The van der Waals surface area contributed by atoms with Gasteiger partial charge < -0.3 is 9.47 Å². The van der Waals surface area contributed by atoms with Gasteiger partial charge in [-0.25, -0.2) is 12.7 Å². The van der Waals surface area contributed by atoms with Crippen molar-refractivity contribution in [3.05, 3.63) is 17.7 Å². The van der Waals surface area contributed by atoms with Gasteiger partial charge in [-0.2, -0.15) is 0 Å². The molecule has 0 aliphatic rings. The number of alkyl halides is 1. The zero-order chi connectivity index (χ0) is 15.3. The van der Waals surface area contributed by atoms with Crippen LogP contribution < -0.4 is 9.47 Å². The summed E-state index contributed by atoms with van der Waals surface area (Å²) in [5, 5.41) is 0. The highest BCUT2D eigenvalue weighted by Gasteiger charge is 2.23. The second kappa shape index (κ2) is 7.15. The molecule has 7 heteroatoms. The molecule has 0 amide bonds. The van der Waals surface area contributed by atoms with Crippen LogP contribution in [0, 0.1) is 0 Å². The summed E-state index contributed by atoms with van der Waals surface area (Å²) in [6.45, 7) is 2.37. The van der Waals surface area contributed by atoms with Gasteiger partial charge in [0.25, 0.3) is 0 Å². The van der Waals surface area contributed by atoms with Crippen molar-refractivity contribution in [3.63, 3.8) is 0 Å². The summed E-state index contributed by atoms with van der Waals surface area (Å²) in [7, 11) is 0.951. The van der Waals surface area contributed by atoms with E-state index in [2.05, 4.69) is 0 Å². The van der Waals surface area contributed by atoms with Crippen molar-refractivity contribution < 1.29 is 17.9 Å². The number of halogens is 1. The smallest absolute Gasteiger partial charge is 0.242 e. The quantitative estimate of drug-likeness (QED) is 0.724. The molecule has 0 fully saturated rings. The van der Waals surface area contributed by atoms with Crippen molar-refractivity contribution in [3.8, 4) is 11.5 Å². The Morgan fingerprint density at radius 2 is 1.90 bits per heavy atom. The molecule has 0 aliphatic heterocycles. The van der Waals surface area contributed by atoms with Crippen molar-refractivity contribution in [2.24, 2.45) is 0 Å². The van der Waals surface area contributed by atoms with E-state index in [4.69, 9.17) is 21.1 Å². The third-order valence-electron chi connectivity index (χ3n) is 2.92. The summed E-state index contributed by atoms with van der Waals surface area (Å²) < 4.78 is 36.6. The molecular weight excluding hydrogens is 302 g/mol. The first kappa shape index (κ1) is 17.1. The lowest BCUT2D eigenvalue weighted by Crippen LogP contribution is -2.27. The third-order valence-corrected chi connectivity index (χ3v) is 5.04. The molecule has 0 N–H and O–H groups in total. The van der Waals surface area contributed by atoms with Crippen LogP contribution in [0.3, 0.4) is 0 Å². The number of nitrogens with zero attached hydrogens (tertiary/aromatic N) is 1. The highest BCUT2D eigenvalue weighted by atomic mass is 35.5. The second-order valence-electron chi connectivity index (χ2n) is 4.28. The molecule has 20 heavy (non-hydrogen) atoms. The average Bonchev–Trinajstić information content (AvgIpc) is 2.45. The van der Waals surface area contributed by atoms with Gasteiger partial charge in [0, 0.05) is 25.2 Å². The van der Waals surface area contributed by atoms with Crippen LogP contribution in [0.2, 0.25) is 0 Å². The van der Waals surface area contributed by atoms with Crippen LogP contribution in [0.1, 0.15) is 18.9 Å². The van der Waals surface area contributed by atoms with Crippen molar-refractivity contribution >= 4 is 21.6 Å². The van der Waals surface area contributed by atoms with Crippen LogP contribution in [-0.4, -0.2) is 40.5 Å². The maximum atomic E-state index is 12.4. The molecule has 0 atom stereocenters. The maximum Gasteiger partial charge on any atom is 0.242 e. The van der Waals surface area contributed by atoms with Crippen molar-refractivity contribution in [2.45, 2.75) is 24.1 Å². The Morgan fingerprint density at radius 3 is 2.35 bits per heavy atom. The molecule has 1 aromatic carbocycles. The van der Waals surface area contributed by atoms with Crippen molar-refractivity contribution in [1.29, 1.82) is 0 Å². The fourth-order valence-corrected chi connectivity index (χ4v) is 3.41. The molecule has 0 bridgehead atoms. The lowest BCUT2D eigenvalue weighted by molar-refractivity contribution is 0.351. The van der Waals surface area contributed by atoms with E-state index in [0.29, 0.717) is 23.6 Å². The van der Waals surface area contributed by atoms with Crippen LogP contribution in [0.4, 0.5) is 0 Å². The Bertz CT molecular complexity index is 534. The van der Waals surface area contributed by atoms with Crippen LogP contribution in [-0.2, 0) is 15.9 Å². The first-order valence-electron chi connectivity index (χ1n) is 6.19. The molecule has 0 aromatic heterocycles. The molecule has 0 spiro atoms. The highest BCUT2D eigenvalue weighted by Crippen LogP contribution is 2.35. The van der Waals surface area contributed by atoms with Crippen LogP contribution in [0.25, 0.3) is 0 Å². The van der Waals surface area contributed by atoms with E-state index in [1.807, 2.05) is 6.92 Å². The second-order valence-corrected chi connectivity index (χ2v) is 6.59. The molecule has 1 aromatic rings. The van der Waals surface area contributed by atoms with Gasteiger partial charge in [0.15, 0.2) is 11.5 Å². The highest BCUT2D eigenvalue weighted by molar-refractivity contribution is 7.89. The maximum absolute atomic E-state index is 12.4. The van der Waals surface area contributed by atoms with Crippen molar-refractivity contribution in [1.82, 2.24) is 4.31 Å². The van der Waals surface area contributed by atoms with Gasteiger partial charge in [-0.3, -0.25) is 0 Å². The monoisotopic (exact) mass is 321 g/mol. The Morgan fingerprint density at radius 1 is 1.25 bits per heavy atom. The molecule has 0 saturated heterocycles. The Balaban J connectivity index is 3.39. The number of hydrogen-bond acceptors (Lipinski definition) is 4. The molecule has 0 unspecified atom stereocenters. The Kier molecular flexibility index (Phi) is 6.10. The SMILES string of the molecule is CCCN(C)S(=O)(=O)c1cc(CCl)c(OC)c(OC)c1. The van der Waals surface area contributed by atoms with E-state index in [1.54, 1.807) is 7.05 Å². The van der Waals surface area contributed by atoms with E-state index in [0.717, 1.165) is 6.42 Å². The molecule has 114 valence electrons. The van der Waals surface area contributed by atoms with Crippen LogP contribution >= 0.6 is 11.6 Å². The summed E-state index contributed by atoms with van der Waals surface area (Å²) in [4.78, 5) is 0.154. The molecule has 0 aliphatic carbocycles. The number of methoxy groups -OCH3 is 2. The molecule has 5 nitrogen and oxygen atoms in total. The van der Waals surface area contributed by atoms with Gasteiger partial charge in [-0.05, 0) is 12.5 Å². The van der Waals surface area contributed by atoms with Gasteiger partial charge >= 0.3 is 0 Å².